The number of aryl methyl sites for hydroxylation is 2. The average Bonchev–Trinajstić information content (AvgIpc) is 3.61. The Morgan fingerprint density at radius 2 is 1.73 bits per heavy atom. The Labute approximate surface area is 327 Å². The maximum absolute atomic E-state index is 14.6. The fourth-order valence-corrected chi connectivity index (χ4v) is 8.37. The van der Waals surface area contributed by atoms with Crippen molar-refractivity contribution in [3.8, 4) is 11.3 Å². The van der Waals surface area contributed by atoms with E-state index in [1.807, 2.05) is 73.8 Å². The molecule has 55 heavy (non-hydrogen) atoms. The summed E-state index contributed by atoms with van der Waals surface area (Å²) in [7, 11) is 1.71. The molecule has 5 aromatic rings. The summed E-state index contributed by atoms with van der Waals surface area (Å²) in [6, 6.07) is 18.6. The number of carbonyl (C=O) groups is 3. The molecule has 0 spiro atoms. The van der Waals surface area contributed by atoms with Gasteiger partial charge in [-0.05, 0) is 99.6 Å². The number of amides is 1. The number of ketones is 2. The molecule has 1 aliphatic heterocycles. The largest absolute Gasteiger partial charge is 0.361 e. The third kappa shape index (κ3) is 10.1. The number of likely N-dealkylation sites (N-methyl/N-ethyl adjacent to an activating group) is 1. The van der Waals surface area contributed by atoms with Gasteiger partial charge in [-0.3, -0.25) is 24.4 Å². The first-order valence-electron chi connectivity index (χ1n) is 19.3. The van der Waals surface area contributed by atoms with Gasteiger partial charge in [0.2, 0.25) is 5.91 Å². The minimum atomic E-state index is -0.759. The van der Waals surface area contributed by atoms with Crippen LogP contribution in [0.15, 0.2) is 89.2 Å². The molecule has 4 aromatic heterocycles. The van der Waals surface area contributed by atoms with E-state index in [0.29, 0.717) is 58.2 Å². The lowest BCUT2D eigenvalue weighted by atomic mass is 9.89. The SMILES string of the molecule is Cc1cc(-c2ccc3c(n2)CCC(=O)[C@H](Cc2c[nH]c4ccccc24)N(C)C(=O)[C@H](CCCCN)CC(=O)[C@H](CCCN)NCc2cccnc2S3)ccn1. The molecule has 288 valence electrons. The van der Waals surface area contributed by atoms with Crippen molar-refractivity contribution >= 4 is 40.1 Å². The summed E-state index contributed by atoms with van der Waals surface area (Å²) in [5, 5.41) is 5.31. The summed E-state index contributed by atoms with van der Waals surface area (Å²) in [5.74, 6) is -0.910. The molecule has 1 aromatic carbocycles. The molecule has 5 heterocycles. The van der Waals surface area contributed by atoms with Crippen LogP contribution in [0.25, 0.3) is 22.2 Å². The van der Waals surface area contributed by atoms with Gasteiger partial charge in [-0.2, -0.15) is 0 Å². The van der Waals surface area contributed by atoms with Crippen molar-refractivity contribution in [3.63, 3.8) is 0 Å². The minimum absolute atomic E-state index is 0.0386. The molecule has 11 nitrogen and oxygen atoms in total. The highest BCUT2D eigenvalue weighted by atomic mass is 32.2. The van der Waals surface area contributed by atoms with E-state index >= 15 is 0 Å². The van der Waals surface area contributed by atoms with E-state index in [1.165, 1.54) is 11.8 Å². The molecule has 0 aliphatic carbocycles. The fraction of sp³-hybridized carbons (Fsp3) is 0.395. The van der Waals surface area contributed by atoms with Crippen LogP contribution in [0, 0.1) is 12.8 Å². The Morgan fingerprint density at radius 3 is 2.55 bits per heavy atom. The van der Waals surface area contributed by atoms with Gasteiger partial charge < -0.3 is 26.7 Å². The zero-order valence-electron chi connectivity index (χ0n) is 31.8. The maximum Gasteiger partial charge on any atom is 0.226 e. The minimum Gasteiger partial charge on any atom is -0.361 e. The summed E-state index contributed by atoms with van der Waals surface area (Å²) >= 11 is 1.51. The van der Waals surface area contributed by atoms with Gasteiger partial charge in [0.15, 0.2) is 11.6 Å². The van der Waals surface area contributed by atoms with Gasteiger partial charge in [0, 0.05) is 84.4 Å². The lowest BCUT2D eigenvalue weighted by molar-refractivity contribution is -0.143. The van der Waals surface area contributed by atoms with Crippen LogP contribution in [0.4, 0.5) is 0 Å². The van der Waals surface area contributed by atoms with Crippen molar-refractivity contribution in [1.29, 1.82) is 0 Å². The zero-order valence-corrected chi connectivity index (χ0v) is 32.6. The summed E-state index contributed by atoms with van der Waals surface area (Å²) in [6.07, 6.45) is 9.53. The number of benzene rings is 1. The number of hydrogen-bond acceptors (Lipinski definition) is 10. The third-order valence-electron chi connectivity index (χ3n) is 10.5. The first kappa shape index (κ1) is 39.9. The molecule has 0 saturated carbocycles. The third-order valence-corrected chi connectivity index (χ3v) is 11.6. The van der Waals surface area contributed by atoms with Crippen LogP contribution in [0.5, 0.6) is 0 Å². The number of H-pyrrole nitrogens is 1. The van der Waals surface area contributed by atoms with E-state index in [0.717, 1.165) is 61.0 Å². The first-order valence-corrected chi connectivity index (χ1v) is 20.1. The summed E-state index contributed by atoms with van der Waals surface area (Å²) < 4.78 is 0. The van der Waals surface area contributed by atoms with Gasteiger partial charge in [0.25, 0.3) is 0 Å². The molecule has 6 N–H and O–H groups in total. The van der Waals surface area contributed by atoms with Crippen molar-refractivity contribution in [2.24, 2.45) is 17.4 Å². The predicted octanol–water partition coefficient (Wildman–Crippen LogP) is 5.97. The zero-order chi connectivity index (χ0) is 38.7. The van der Waals surface area contributed by atoms with E-state index in [4.69, 9.17) is 21.4 Å². The number of hydrogen-bond donors (Lipinski definition) is 4. The highest BCUT2D eigenvalue weighted by Crippen LogP contribution is 2.34. The van der Waals surface area contributed by atoms with Crippen molar-refractivity contribution in [2.45, 2.75) is 93.3 Å². The number of unbranched alkanes of at least 4 members (excludes halogenated alkanes) is 1. The number of pyridine rings is 3. The predicted molar refractivity (Wildman–Crippen MR) is 217 cm³/mol. The van der Waals surface area contributed by atoms with E-state index in [2.05, 4.69) is 15.3 Å². The van der Waals surface area contributed by atoms with Crippen LogP contribution in [0.2, 0.25) is 0 Å². The lowest BCUT2D eigenvalue weighted by Crippen LogP contribution is -2.47. The molecular weight excluding hydrogens is 709 g/mol. The number of para-hydroxylation sites is 1. The Balaban J connectivity index is 1.42. The van der Waals surface area contributed by atoms with E-state index < -0.39 is 18.0 Å². The summed E-state index contributed by atoms with van der Waals surface area (Å²) in [4.78, 5) is 63.5. The standard InChI is InChI=1S/C43H52N8O3S/c1-28-23-29(18-22-46-28)34-15-17-41-37(50-34)14-16-39(52)38(24-32-27-48-35-12-4-3-11-33(32)35)51(2)43(54)30(9-5-6-19-44)25-40(53)36(13-7-20-45)49-26-31-10-8-21-47-42(31)55-41/h3-4,8,10-12,15,17-18,21-23,27,30,36,38,48-49H,5-7,9,13-14,16,19-20,24-26,44-45H2,1-2H3/t30-,36+,38+/m1/s1. The Hall–Kier alpha value is -4.75. The van der Waals surface area contributed by atoms with Gasteiger partial charge in [-0.15, -0.1) is 0 Å². The number of fused-ring (bicyclic) bond motifs is 3. The molecule has 3 atom stereocenters. The van der Waals surface area contributed by atoms with Crippen LogP contribution in [0.3, 0.4) is 0 Å². The number of nitrogens with two attached hydrogens (primary N) is 2. The van der Waals surface area contributed by atoms with Gasteiger partial charge >= 0.3 is 0 Å². The first-order chi connectivity index (χ1) is 26.7. The number of nitrogens with zero attached hydrogens (tertiary/aromatic N) is 4. The molecule has 0 saturated heterocycles. The summed E-state index contributed by atoms with van der Waals surface area (Å²) in [6.45, 7) is 3.30. The van der Waals surface area contributed by atoms with Crippen LogP contribution in [-0.4, -0.2) is 74.5 Å². The van der Waals surface area contributed by atoms with Gasteiger partial charge in [0.05, 0.1) is 23.5 Å². The second kappa shape index (κ2) is 19.2. The Morgan fingerprint density at radius 1 is 0.891 bits per heavy atom. The Kier molecular flexibility index (Phi) is 13.9. The van der Waals surface area contributed by atoms with Crippen LogP contribution in [-0.2, 0) is 33.8 Å². The molecule has 6 rings (SSSR count). The van der Waals surface area contributed by atoms with Crippen LogP contribution in [0.1, 0.15) is 67.5 Å². The maximum atomic E-state index is 14.6. The molecule has 0 bridgehead atoms. The Bertz CT molecular complexity index is 2100. The second-order valence-electron chi connectivity index (χ2n) is 14.4. The molecule has 0 unspecified atom stereocenters. The normalized spacial score (nSPS) is 18.9. The average molecular weight is 761 g/mol. The number of aromatic nitrogens is 4. The number of aromatic amines is 1. The van der Waals surface area contributed by atoms with E-state index in [1.54, 1.807) is 24.3 Å². The lowest BCUT2D eigenvalue weighted by Gasteiger charge is -2.31. The molecular formula is C43H52N8O3S. The second-order valence-corrected chi connectivity index (χ2v) is 15.4. The van der Waals surface area contributed by atoms with Crippen LogP contribution < -0.4 is 16.8 Å². The molecule has 0 radical (unpaired) electrons. The molecule has 12 heteroatoms. The van der Waals surface area contributed by atoms with Gasteiger partial charge in [0.1, 0.15) is 5.03 Å². The number of rotatable bonds is 10. The highest BCUT2D eigenvalue weighted by molar-refractivity contribution is 7.99. The number of carbonyl (C=O) groups excluding carboxylic acids is 3. The van der Waals surface area contributed by atoms with Gasteiger partial charge in [-0.1, -0.05) is 42.4 Å². The van der Waals surface area contributed by atoms with E-state index in [9.17, 15) is 14.4 Å². The molecule has 0 fully saturated rings. The molecule has 1 aliphatic rings. The van der Waals surface area contributed by atoms with E-state index in [-0.39, 0.29) is 30.3 Å². The smallest absolute Gasteiger partial charge is 0.226 e. The van der Waals surface area contributed by atoms with Crippen molar-refractivity contribution in [2.75, 3.05) is 20.1 Å². The van der Waals surface area contributed by atoms with Gasteiger partial charge in [-0.25, -0.2) is 4.98 Å². The van der Waals surface area contributed by atoms with Crippen molar-refractivity contribution in [3.05, 3.63) is 102 Å². The monoisotopic (exact) mass is 760 g/mol. The van der Waals surface area contributed by atoms with Crippen LogP contribution >= 0.6 is 11.8 Å². The van der Waals surface area contributed by atoms with Crippen molar-refractivity contribution < 1.29 is 14.4 Å². The number of Topliss-reactive ketones (excluding diaryl/α,β-unsaturated/α-hetero) is 2. The quantitative estimate of drug-likeness (QED) is 0.124. The highest BCUT2D eigenvalue weighted by Gasteiger charge is 2.34. The van der Waals surface area contributed by atoms with Crippen molar-refractivity contribution in [1.82, 2.24) is 30.2 Å². The fourth-order valence-electron chi connectivity index (χ4n) is 7.37. The number of nitrogens with one attached hydrogen (secondary N) is 2. The summed E-state index contributed by atoms with van der Waals surface area (Å²) in [5.41, 5.74) is 18.0. The topological polar surface area (TPSA) is 173 Å². The molecule has 1 amide bonds.